The number of carbonyl (C=O) groups excluding carboxylic acids is 1. The van der Waals surface area contributed by atoms with Gasteiger partial charge in [0.25, 0.3) is 0 Å². The van der Waals surface area contributed by atoms with E-state index in [4.69, 9.17) is 4.74 Å². The molecule has 1 amide bonds. The summed E-state index contributed by atoms with van der Waals surface area (Å²) in [7, 11) is 0. The average Bonchev–Trinajstić information content (AvgIpc) is 3.18. The first-order valence-electron chi connectivity index (χ1n) is 8.91. The third kappa shape index (κ3) is 3.27. The van der Waals surface area contributed by atoms with Gasteiger partial charge in [-0.2, -0.15) is 0 Å². The Kier molecular flexibility index (Phi) is 3.81. The van der Waals surface area contributed by atoms with E-state index < -0.39 is 5.60 Å². The molecule has 25 heavy (non-hydrogen) atoms. The summed E-state index contributed by atoms with van der Waals surface area (Å²) in [5.74, 6) is 1.96. The summed E-state index contributed by atoms with van der Waals surface area (Å²) >= 11 is 0. The van der Waals surface area contributed by atoms with E-state index in [0.29, 0.717) is 17.9 Å². The maximum atomic E-state index is 12.2. The Bertz CT molecular complexity index is 767. The van der Waals surface area contributed by atoms with Gasteiger partial charge < -0.3 is 19.9 Å². The average molecular weight is 343 g/mol. The van der Waals surface area contributed by atoms with Crippen LogP contribution in [0.15, 0.2) is 18.6 Å². The van der Waals surface area contributed by atoms with Gasteiger partial charge in [-0.05, 0) is 51.5 Å². The van der Waals surface area contributed by atoms with Crippen LogP contribution in [0.2, 0.25) is 0 Å². The zero-order valence-electron chi connectivity index (χ0n) is 15.0. The van der Waals surface area contributed by atoms with Crippen molar-refractivity contribution in [2.75, 3.05) is 18.4 Å². The molecule has 0 spiro atoms. The van der Waals surface area contributed by atoms with Gasteiger partial charge in [0.05, 0.1) is 5.39 Å². The molecule has 0 aromatic carbocycles. The van der Waals surface area contributed by atoms with Crippen LogP contribution in [0, 0.1) is 11.8 Å². The van der Waals surface area contributed by atoms with Crippen LogP contribution in [-0.2, 0) is 4.74 Å². The largest absolute Gasteiger partial charge is 0.444 e. The zero-order valence-corrected chi connectivity index (χ0v) is 15.0. The van der Waals surface area contributed by atoms with Crippen LogP contribution in [0.25, 0.3) is 11.0 Å². The first-order chi connectivity index (χ1) is 11.9. The Hall–Kier alpha value is -2.31. The van der Waals surface area contributed by atoms with E-state index in [1.165, 1.54) is 0 Å². The highest BCUT2D eigenvalue weighted by Crippen LogP contribution is 2.40. The van der Waals surface area contributed by atoms with Crippen molar-refractivity contribution in [2.24, 2.45) is 11.8 Å². The molecule has 7 nitrogen and oxygen atoms in total. The fourth-order valence-corrected chi connectivity index (χ4v) is 4.07. The molecule has 1 saturated carbocycles. The number of H-pyrrole nitrogens is 1. The first kappa shape index (κ1) is 16.2. The summed E-state index contributed by atoms with van der Waals surface area (Å²) in [6.07, 6.45) is 5.39. The maximum absolute atomic E-state index is 12.2. The highest BCUT2D eigenvalue weighted by atomic mass is 16.6. The van der Waals surface area contributed by atoms with Gasteiger partial charge in [0.1, 0.15) is 23.4 Å². The summed E-state index contributed by atoms with van der Waals surface area (Å²) in [5.41, 5.74) is 0.417. The molecule has 0 radical (unpaired) electrons. The van der Waals surface area contributed by atoms with Crippen molar-refractivity contribution in [3.8, 4) is 0 Å². The number of nitrogens with zero attached hydrogens (tertiary/aromatic N) is 3. The van der Waals surface area contributed by atoms with Crippen molar-refractivity contribution in [3.05, 3.63) is 18.6 Å². The molecule has 2 aromatic heterocycles. The van der Waals surface area contributed by atoms with Gasteiger partial charge in [0, 0.05) is 25.3 Å². The normalized spacial score (nSPS) is 26.0. The van der Waals surface area contributed by atoms with Crippen molar-refractivity contribution in [1.82, 2.24) is 19.9 Å². The standard InChI is InChI=1S/C18H25N5O2/c1-18(2,3)25-17(24)23-8-11-6-13(7-12(11)9-23)22-16-14-4-5-19-15(14)20-10-21-16/h4-5,10-13H,6-9H2,1-3H3,(H2,19,20,21,22). The molecular formula is C18H25N5O2. The minimum Gasteiger partial charge on any atom is -0.444 e. The van der Waals surface area contributed by atoms with Crippen LogP contribution in [0.4, 0.5) is 10.6 Å². The van der Waals surface area contributed by atoms with E-state index in [-0.39, 0.29) is 6.09 Å². The Balaban J connectivity index is 1.37. The van der Waals surface area contributed by atoms with Crippen molar-refractivity contribution in [3.63, 3.8) is 0 Å². The molecule has 2 N–H and O–H groups in total. The highest BCUT2D eigenvalue weighted by Gasteiger charge is 2.43. The lowest BCUT2D eigenvalue weighted by atomic mass is 10.0. The Morgan fingerprint density at radius 3 is 2.68 bits per heavy atom. The maximum Gasteiger partial charge on any atom is 0.410 e. The molecule has 2 aliphatic rings. The molecule has 7 heteroatoms. The Morgan fingerprint density at radius 1 is 1.28 bits per heavy atom. The van der Waals surface area contributed by atoms with Gasteiger partial charge in [-0.25, -0.2) is 14.8 Å². The van der Waals surface area contributed by atoms with Gasteiger partial charge >= 0.3 is 6.09 Å². The van der Waals surface area contributed by atoms with Crippen LogP contribution in [0.3, 0.4) is 0 Å². The third-order valence-electron chi connectivity index (χ3n) is 5.10. The Morgan fingerprint density at radius 2 is 2.00 bits per heavy atom. The minimum atomic E-state index is -0.437. The fourth-order valence-electron chi connectivity index (χ4n) is 4.07. The number of nitrogens with one attached hydrogen (secondary N) is 2. The quantitative estimate of drug-likeness (QED) is 0.876. The third-order valence-corrected chi connectivity index (χ3v) is 5.10. The predicted molar refractivity (Wildman–Crippen MR) is 95.3 cm³/mol. The molecule has 2 unspecified atom stereocenters. The lowest BCUT2D eigenvalue weighted by Crippen LogP contribution is -2.36. The van der Waals surface area contributed by atoms with Crippen LogP contribution in [-0.4, -0.2) is 50.7 Å². The van der Waals surface area contributed by atoms with Crippen LogP contribution < -0.4 is 5.32 Å². The number of amides is 1. The summed E-state index contributed by atoms with van der Waals surface area (Å²) in [6.45, 7) is 7.31. The molecule has 3 heterocycles. The second-order valence-corrected chi connectivity index (χ2v) is 8.18. The summed E-state index contributed by atoms with van der Waals surface area (Å²) in [5, 5.41) is 4.60. The molecule has 1 saturated heterocycles. The van der Waals surface area contributed by atoms with Crippen molar-refractivity contribution >= 4 is 22.9 Å². The van der Waals surface area contributed by atoms with Crippen LogP contribution in [0.1, 0.15) is 33.6 Å². The van der Waals surface area contributed by atoms with Gasteiger partial charge in [-0.3, -0.25) is 0 Å². The first-order valence-corrected chi connectivity index (χ1v) is 8.91. The number of anilines is 1. The van der Waals surface area contributed by atoms with Gasteiger partial charge in [-0.1, -0.05) is 0 Å². The van der Waals surface area contributed by atoms with Gasteiger partial charge in [-0.15, -0.1) is 0 Å². The van der Waals surface area contributed by atoms with E-state index in [2.05, 4.69) is 20.3 Å². The Labute approximate surface area is 147 Å². The van der Waals surface area contributed by atoms with Crippen molar-refractivity contribution < 1.29 is 9.53 Å². The van der Waals surface area contributed by atoms with Gasteiger partial charge in [0.2, 0.25) is 0 Å². The predicted octanol–water partition coefficient (Wildman–Crippen LogP) is 3.02. The van der Waals surface area contributed by atoms with E-state index in [1.807, 2.05) is 37.9 Å². The van der Waals surface area contributed by atoms with E-state index >= 15 is 0 Å². The number of aromatic nitrogens is 3. The summed E-state index contributed by atoms with van der Waals surface area (Å²) in [6, 6.07) is 2.39. The number of hydrogen-bond donors (Lipinski definition) is 2. The lowest BCUT2D eigenvalue weighted by Gasteiger charge is -2.25. The fraction of sp³-hybridized carbons (Fsp3) is 0.611. The molecular weight excluding hydrogens is 318 g/mol. The number of hydrogen-bond acceptors (Lipinski definition) is 5. The molecule has 2 fully saturated rings. The van der Waals surface area contributed by atoms with Crippen molar-refractivity contribution in [2.45, 2.75) is 45.3 Å². The highest BCUT2D eigenvalue weighted by molar-refractivity contribution is 5.86. The summed E-state index contributed by atoms with van der Waals surface area (Å²) in [4.78, 5) is 25.8. The second kappa shape index (κ2) is 5.89. The lowest BCUT2D eigenvalue weighted by molar-refractivity contribution is 0.0280. The molecule has 134 valence electrons. The molecule has 4 rings (SSSR count). The minimum absolute atomic E-state index is 0.184. The van der Waals surface area contributed by atoms with Gasteiger partial charge in [0.15, 0.2) is 0 Å². The second-order valence-electron chi connectivity index (χ2n) is 8.18. The number of ether oxygens (including phenoxy) is 1. The number of likely N-dealkylation sites (tertiary alicyclic amines) is 1. The number of rotatable bonds is 2. The topological polar surface area (TPSA) is 83.1 Å². The smallest absolute Gasteiger partial charge is 0.410 e. The number of fused-ring (bicyclic) bond motifs is 2. The SMILES string of the molecule is CC(C)(C)OC(=O)N1CC2CC(Nc3ncnc4[nH]ccc34)CC2C1. The monoisotopic (exact) mass is 343 g/mol. The molecule has 1 aliphatic carbocycles. The molecule has 2 aromatic rings. The van der Waals surface area contributed by atoms with Crippen molar-refractivity contribution in [1.29, 1.82) is 0 Å². The summed E-state index contributed by atoms with van der Waals surface area (Å²) < 4.78 is 5.50. The number of carbonyl (C=O) groups is 1. The molecule has 1 aliphatic heterocycles. The van der Waals surface area contributed by atoms with E-state index in [9.17, 15) is 4.79 Å². The zero-order chi connectivity index (χ0) is 17.6. The van der Waals surface area contributed by atoms with Crippen LogP contribution >= 0.6 is 0 Å². The molecule has 2 atom stereocenters. The van der Waals surface area contributed by atoms with E-state index in [1.54, 1.807) is 6.33 Å². The molecule has 0 bridgehead atoms. The van der Waals surface area contributed by atoms with Crippen LogP contribution in [0.5, 0.6) is 0 Å². The number of aromatic amines is 1. The van der Waals surface area contributed by atoms with E-state index in [0.717, 1.165) is 42.8 Å².